The quantitative estimate of drug-likeness (QED) is 0.192. The third-order valence-electron chi connectivity index (χ3n) is 3.40. The molecule has 0 aromatic heterocycles. The van der Waals surface area contributed by atoms with Gasteiger partial charge < -0.3 is 14.6 Å². The molecule has 0 spiro atoms. The molecule has 0 bridgehead atoms. The van der Waals surface area contributed by atoms with Gasteiger partial charge in [-0.25, -0.2) is 4.79 Å². The Kier molecular flexibility index (Phi) is 6.91. The van der Waals surface area contributed by atoms with Crippen molar-refractivity contribution in [2.24, 2.45) is 0 Å². The number of carbonyl (C=O) groups excluding carboxylic acids is 2. The maximum atomic E-state index is 12.6. The maximum absolute atomic E-state index is 12.6. The van der Waals surface area contributed by atoms with Gasteiger partial charge in [0.05, 0.1) is 10.7 Å². The topological polar surface area (TPSA) is 105 Å². The van der Waals surface area contributed by atoms with E-state index in [9.17, 15) is 14.4 Å². The van der Waals surface area contributed by atoms with Crippen LogP contribution in [0.2, 0.25) is 0 Å². The second-order valence-electron chi connectivity index (χ2n) is 5.24. The van der Waals surface area contributed by atoms with Crippen LogP contribution in [-0.2, 0) is 14.4 Å². The van der Waals surface area contributed by atoms with Gasteiger partial charge in [0.1, 0.15) is 5.57 Å². The predicted octanol–water partition coefficient (Wildman–Crippen LogP) is 1.58. The summed E-state index contributed by atoms with van der Waals surface area (Å²) >= 11 is 6.95. The summed E-state index contributed by atoms with van der Waals surface area (Å²) < 4.78 is 11.0. The Bertz CT molecular complexity index is 867. The molecule has 0 radical (unpaired) electrons. The van der Waals surface area contributed by atoms with Gasteiger partial charge >= 0.3 is 5.97 Å². The fourth-order valence-electron chi connectivity index (χ4n) is 2.25. The molecule has 142 valence electrons. The van der Waals surface area contributed by atoms with Crippen molar-refractivity contribution in [3.05, 3.63) is 39.5 Å². The zero-order valence-corrected chi connectivity index (χ0v) is 17.1. The molecule has 2 rings (SSSR count). The van der Waals surface area contributed by atoms with E-state index in [1.54, 1.807) is 6.07 Å². The van der Waals surface area contributed by atoms with Gasteiger partial charge in [0.15, 0.2) is 23.2 Å². The highest BCUT2D eigenvalue weighted by molar-refractivity contribution is 14.1. The lowest BCUT2D eigenvalue weighted by Gasteiger charge is -2.27. The highest BCUT2D eigenvalue weighted by Crippen LogP contribution is 2.34. The molecule has 1 aliphatic heterocycles. The third-order valence-corrected chi connectivity index (χ3v) is 4.52. The molecule has 2 amide bonds. The van der Waals surface area contributed by atoms with Gasteiger partial charge in [-0.2, -0.15) is 0 Å². The monoisotopic (exact) mass is 502 g/mol. The lowest BCUT2D eigenvalue weighted by atomic mass is 10.1. The molecule has 0 unspecified atom stereocenters. The SMILES string of the molecule is C=CCN1C(=O)/C(=C/c2cc(I)c(OCC(=O)O)c(OC)c2)C(=O)NC1=S. The van der Waals surface area contributed by atoms with Gasteiger partial charge in [0.25, 0.3) is 11.8 Å². The maximum Gasteiger partial charge on any atom is 0.341 e. The Labute approximate surface area is 173 Å². The van der Waals surface area contributed by atoms with E-state index in [0.29, 0.717) is 9.13 Å². The van der Waals surface area contributed by atoms with Crippen molar-refractivity contribution in [2.75, 3.05) is 20.3 Å². The first-order valence-corrected chi connectivity index (χ1v) is 8.99. The van der Waals surface area contributed by atoms with E-state index >= 15 is 0 Å². The summed E-state index contributed by atoms with van der Waals surface area (Å²) in [5.74, 6) is -1.73. The van der Waals surface area contributed by atoms with Gasteiger partial charge in [-0.3, -0.25) is 19.8 Å². The number of nitrogens with zero attached hydrogens (tertiary/aromatic N) is 1. The van der Waals surface area contributed by atoms with Crippen molar-refractivity contribution in [3.8, 4) is 11.5 Å². The number of amides is 2. The van der Waals surface area contributed by atoms with Crippen LogP contribution in [0.3, 0.4) is 0 Å². The fraction of sp³-hybridized carbons (Fsp3) is 0.176. The van der Waals surface area contributed by atoms with Crippen molar-refractivity contribution >= 4 is 63.8 Å². The van der Waals surface area contributed by atoms with E-state index in [0.717, 1.165) is 0 Å². The Morgan fingerprint density at radius 2 is 2.15 bits per heavy atom. The summed E-state index contributed by atoms with van der Waals surface area (Å²) in [5, 5.41) is 11.2. The van der Waals surface area contributed by atoms with Crippen molar-refractivity contribution in [1.29, 1.82) is 0 Å². The number of methoxy groups -OCH3 is 1. The highest BCUT2D eigenvalue weighted by atomic mass is 127. The fourth-order valence-corrected chi connectivity index (χ4v) is 3.28. The standard InChI is InChI=1S/C17H15IN2O6S/c1-3-4-20-16(24)10(15(23)19-17(20)27)5-9-6-11(18)14(12(7-9)25-2)26-8-13(21)22/h3,5-7H,1,4,8H2,2H3,(H,21,22)(H,19,23,27)/b10-5+. The molecule has 27 heavy (non-hydrogen) atoms. The second kappa shape index (κ2) is 8.95. The van der Waals surface area contributed by atoms with E-state index in [-0.39, 0.29) is 28.7 Å². The molecule has 0 atom stereocenters. The van der Waals surface area contributed by atoms with Gasteiger partial charge in [-0.05, 0) is 58.6 Å². The lowest BCUT2D eigenvalue weighted by molar-refractivity contribution is -0.139. The number of carboxylic acids is 1. The van der Waals surface area contributed by atoms with Crippen LogP contribution in [-0.4, -0.2) is 53.2 Å². The van der Waals surface area contributed by atoms with Crippen LogP contribution >= 0.6 is 34.8 Å². The largest absolute Gasteiger partial charge is 0.493 e. The number of benzene rings is 1. The Morgan fingerprint density at radius 1 is 1.44 bits per heavy atom. The van der Waals surface area contributed by atoms with Crippen molar-refractivity contribution in [1.82, 2.24) is 10.2 Å². The summed E-state index contributed by atoms with van der Waals surface area (Å²) in [5.41, 5.74) is 0.409. The zero-order valence-electron chi connectivity index (χ0n) is 14.2. The Morgan fingerprint density at radius 3 is 2.74 bits per heavy atom. The third kappa shape index (κ3) is 4.83. The molecule has 2 N–H and O–H groups in total. The van der Waals surface area contributed by atoms with Gasteiger partial charge in [-0.1, -0.05) is 6.08 Å². The van der Waals surface area contributed by atoms with E-state index in [1.165, 1.54) is 30.2 Å². The number of carbonyl (C=O) groups is 3. The summed E-state index contributed by atoms with van der Waals surface area (Å²) in [4.78, 5) is 36.7. The number of nitrogens with one attached hydrogen (secondary N) is 1. The molecule has 1 saturated heterocycles. The number of aliphatic carboxylic acids is 1. The van der Waals surface area contributed by atoms with Crippen LogP contribution in [0.4, 0.5) is 0 Å². The molecule has 1 aromatic carbocycles. The highest BCUT2D eigenvalue weighted by Gasteiger charge is 2.32. The summed E-state index contributed by atoms with van der Waals surface area (Å²) in [6.07, 6.45) is 2.90. The second-order valence-corrected chi connectivity index (χ2v) is 6.79. The average molecular weight is 502 g/mol. The molecule has 10 heteroatoms. The number of rotatable bonds is 7. The molecule has 1 aromatic rings. The number of thiocarbonyl (C=S) groups is 1. The first-order chi connectivity index (χ1) is 12.8. The number of ether oxygens (including phenoxy) is 2. The summed E-state index contributed by atoms with van der Waals surface area (Å²) in [6, 6.07) is 3.18. The lowest BCUT2D eigenvalue weighted by Crippen LogP contribution is -2.53. The molecule has 1 fully saturated rings. The normalized spacial score (nSPS) is 15.6. The van der Waals surface area contributed by atoms with Gasteiger partial charge in [0, 0.05) is 6.54 Å². The van der Waals surface area contributed by atoms with E-state index < -0.39 is 24.4 Å². The molecule has 0 saturated carbocycles. The number of hydrogen-bond donors (Lipinski definition) is 2. The van der Waals surface area contributed by atoms with Crippen LogP contribution in [0.15, 0.2) is 30.4 Å². The minimum absolute atomic E-state index is 0.0200. The van der Waals surface area contributed by atoms with Crippen LogP contribution < -0.4 is 14.8 Å². The van der Waals surface area contributed by atoms with Crippen molar-refractivity contribution in [3.63, 3.8) is 0 Å². The molecular formula is C17H15IN2O6S. The van der Waals surface area contributed by atoms with Crippen LogP contribution in [0.25, 0.3) is 6.08 Å². The zero-order chi connectivity index (χ0) is 20.1. The molecule has 0 aliphatic carbocycles. The van der Waals surface area contributed by atoms with E-state index in [2.05, 4.69) is 11.9 Å². The number of halogens is 1. The first kappa shape index (κ1) is 20.8. The summed E-state index contributed by atoms with van der Waals surface area (Å²) in [6.45, 7) is 3.21. The van der Waals surface area contributed by atoms with Gasteiger partial charge in [0.2, 0.25) is 0 Å². The minimum atomic E-state index is -1.12. The van der Waals surface area contributed by atoms with Crippen LogP contribution in [0, 0.1) is 3.57 Å². The first-order valence-electron chi connectivity index (χ1n) is 7.50. The van der Waals surface area contributed by atoms with Crippen LogP contribution in [0.5, 0.6) is 11.5 Å². The molecule has 1 heterocycles. The summed E-state index contributed by atoms with van der Waals surface area (Å²) in [7, 11) is 1.40. The number of carboxylic acid groups (broad SMARTS) is 1. The smallest absolute Gasteiger partial charge is 0.341 e. The van der Waals surface area contributed by atoms with Crippen molar-refractivity contribution in [2.45, 2.75) is 0 Å². The Hall–Kier alpha value is -2.47. The molecule has 1 aliphatic rings. The Balaban J connectivity index is 2.42. The van der Waals surface area contributed by atoms with Gasteiger partial charge in [-0.15, -0.1) is 6.58 Å². The minimum Gasteiger partial charge on any atom is -0.493 e. The molecule has 8 nitrogen and oxygen atoms in total. The number of hydrogen-bond acceptors (Lipinski definition) is 6. The van der Waals surface area contributed by atoms with E-state index in [4.69, 9.17) is 26.8 Å². The average Bonchev–Trinajstić information content (AvgIpc) is 2.60. The van der Waals surface area contributed by atoms with E-state index in [1.807, 2.05) is 22.6 Å². The van der Waals surface area contributed by atoms with Crippen LogP contribution in [0.1, 0.15) is 5.56 Å². The molecular weight excluding hydrogens is 487 g/mol. The van der Waals surface area contributed by atoms with Crippen molar-refractivity contribution < 1.29 is 29.0 Å². The predicted molar refractivity (Wildman–Crippen MR) is 109 cm³/mol.